The minimum Gasteiger partial charge on any atom is -0.258 e. The quantitative estimate of drug-likeness (QED) is 0.562. The molecule has 0 unspecified atom stereocenters. The molecule has 2 saturated carbocycles. The monoisotopic (exact) mass is 217 g/mol. The Balaban J connectivity index is 1.89. The highest BCUT2D eigenvalue weighted by molar-refractivity contribution is 5.37. The van der Waals surface area contributed by atoms with Gasteiger partial charge in [0.1, 0.15) is 0 Å². The summed E-state index contributed by atoms with van der Waals surface area (Å²) in [7, 11) is 0. The molecule has 0 radical (unpaired) electrons. The molecule has 0 amide bonds. The summed E-state index contributed by atoms with van der Waals surface area (Å²) in [6.07, 6.45) is 5.27. The van der Waals surface area contributed by atoms with Crippen molar-refractivity contribution in [1.82, 2.24) is 0 Å². The third-order valence-electron chi connectivity index (χ3n) is 4.25. The maximum Gasteiger partial charge on any atom is 0.269 e. The number of hydrogen-bond donors (Lipinski definition) is 0. The fourth-order valence-corrected chi connectivity index (χ4v) is 3.52. The summed E-state index contributed by atoms with van der Waals surface area (Å²) in [5.41, 5.74) is 1.42. The number of non-ortho nitro benzene ring substituents is 1. The molecule has 1 aromatic carbocycles. The van der Waals surface area contributed by atoms with Crippen molar-refractivity contribution in [2.24, 2.45) is 11.8 Å². The number of hydrogen-bond acceptors (Lipinski definition) is 2. The third-order valence-corrected chi connectivity index (χ3v) is 4.25. The van der Waals surface area contributed by atoms with Crippen molar-refractivity contribution in [3.63, 3.8) is 0 Å². The zero-order valence-corrected chi connectivity index (χ0v) is 9.13. The maximum atomic E-state index is 10.7. The Hall–Kier alpha value is -1.38. The van der Waals surface area contributed by atoms with Crippen molar-refractivity contribution >= 4 is 5.69 Å². The van der Waals surface area contributed by atoms with E-state index < -0.39 is 0 Å². The van der Waals surface area contributed by atoms with Gasteiger partial charge in [-0.2, -0.15) is 0 Å². The Morgan fingerprint density at radius 2 is 2.12 bits per heavy atom. The van der Waals surface area contributed by atoms with Crippen LogP contribution in [-0.4, -0.2) is 4.92 Å². The summed E-state index contributed by atoms with van der Waals surface area (Å²) in [5.74, 6) is 2.25. The van der Waals surface area contributed by atoms with E-state index in [9.17, 15) is 10.1 Å². The van der Waals surface area contributed by atoms with Crippen LogP contribution in [0.15, 0.2) is 24.3 Å². The van der Waals surface area contributed by atoms with Crippen LogP contribution >= 0.6 is 0 Å². The molecule has 0 N–H and O–H groups in total. The van der Waals surface area contributed by atoms with E-state index in [1.807, 2.05) is 6.07 Å². The van der Waals surface area contributed by atoms with E-state index >= 15 is 0 Å². The van der Waals surface area contributed by atoms with E-state index in [0.717, 1.165) is 11.8 Å². The van der Waals surface area contributed by atoms with Gasteiger partial charge in [0, 0.05) is 12.1 Å². The topological polar surface area (TPSA) is 43.1 Å². The van der Waals surface area contributed by atoms with Gasteiger partial charge in [0.25, 0.3) is 5.69 Å². The minimum atomic E-state index is -0.295. The molecular weight excluding hydrogens is 202 g/mol. The summed E-state index contributed by atoms with van der Waals surface area (Å²) in [5, 5.41) is 10.7. The van der Waals surface area contributed by atoms with Crippen LogP contribution in [0.3, 0.4) is 0 Å². The zero-order valence-electron chi connectivity index (χ0n) is 9.13. The largest absolute Gasteiger partial charge is 0.269 e. The number of nitrogens with zero attached hydrogens (tertiary/aromatic N) is 1. The third kappa shape index (κ3) is 1.51. The molecule has 0 heterocycles. The van der Waals surface area contributed by atoms with E-state index in [4.69, 9.17) is 0 Å². The van der Waals surface area contributed by atoms with E-state index in [2.05, 4.69) is 6.07 Å². The molecule has 2 bridgehead atoms. The lowest BCUT2D eigenvalue weighted by molar-refractivity contribution is -0.384. The van der Waals surface area contributed by atoms with Gasteiger partial charge in [0.15, 0.2) is 0 Å². The lowest BCUT2D eigenvalue weighted by Crippen LogP contribution is -2.08. The molecule has 84 valence electrons. The average molecular weight is 217 g/mol. The van der Waals surface area contributed by atoms with Crippen molar-refractivity contribution in [3.8, 4) is 0 Å². The number of nitro benzene ring substituents is 1. The van der Waals surface area contributed by atoms with Crippen molar-refractivity contribution in [2.45, 2.75) is 31.6 Å². The van der Waals surface area contributed by atoms with Gasteiger partial charge >= 0.3 is 0 Å². The summed E-state index contributed by atoms with van der Waals surface area (Å²) in [6.45, 7) is 0. The van der Waals surface area contributed by atoms with Gasteiger partial charge in [-0.1, -0.05) is 18.6 Å². The van der Waals surface area contributed by atoms with Crippen LogP contribution in [0.4, 0.5) is 5.69 Å². The first-order valence-corrected chi connectivity index (χ1v) is 5.98. The van der Waals surface area contributed by atoms with E-state index in [-0.39, 0.29) is 10.6 Å². The fourth-order valence-electron chi connectivity index (χ4n) is 3.52. The molecule has 0 aromatic heterocycles. The summed E-state index contributed by atoms with van der Waals surface area (Å²) in [4.78, 5) is 10.4. The van der Waals surface area contributed by atoms with E-state index in [1.54, 1.807) is 12.1 Å². The highest BCUT2D eigenvalue weighted by Crippen LogP contribution is 2.53. The van der Waals surface area contributed by atoms with Gasteiger partial charge in [0.05, 0.1) is 4.92 Å². The SMILES string of the molecule is O=[N+]([O-])c1cccc([C@@H]2C[C@H]3CC[C@@H]2C3)c1. The second kappa shape index (κ2) is 3.58. The van der Waals surface area contributed by atoms with Crippen LogP contribution in [0.2, 0.25) is 0 Å². The van der Waals surface area contributed by atoms with Crippen molar-refractivity contribution in [1.29, 1.82) is 0 Å². The van der Waals surface area contributed by atoms with Crippen LogP contribution in [0.25, 0.3) is 0 Å². The lowest BCUT2D eigenvalue weighted by Gasteiger charge is -2.21. The Morgan fingerprint density at radius 3 is 2.75 bits per heavy atom. The average Bonchev–Trinajstić information content (AvgIpc) is 2.91. The van der Waals surface area contributed by atoms with Gasteiger partial charge in [-0.15, -0.1) is 0 Å². The summed E-state index contributed by atoms with van der Waals surface area (Å²) in [6, 6.07) is 7.22. The first kappa shape index (κ1) is 9.82. The number of fused-ring (bicyclic) bond motifs is 2. The zero-order chi connectivity index (χ0) is 11.1. The lowest BCUT2D eigenvalue weighted by atomic mass is 9.83. The molecule has 1 aromatic rings. The molecule has 3 nitrogen and oxygen atoms in total. The van der Waals surface area contributed by atoms with E-state index in [0.29, 0.717) is 5.92 Å². The van der Waals surface area contributed by atoms with Crippen LogP contribution in [-0.2, 0) is 0 Å². The van der Waals surface area contributed by atoms with Crippen molar-refractivity contribution in [2.75, 3.05) is 0 Å². The Kier molecular flexibility index (Phi) is 2.20. The van der Waals surface area contributed by atoms with Gasteiger partial charge in [-0.05, 0) is 42.6 Å². The number of benzene rings is 1. The van der Waals surface area contributed by atoms with Crippen LogP contribution in [0.5, 0.6) is 0 Å². The normalized spacial score (nSPS) is 31.9. The second-order valence-corrected chi connectivity index (χ2v) is 5.13. The number of rotatable bonds is 2. The molecule has 3 atom stereocenters. The predicted octanol–water partition coefficient (Wildman–Crippen LogP) is 3.50. The van der Waals surface area contributed by atoms with Gasteiger partial charge in [0.2, 0.25) is 0 Å². The number of nitro groups is 1. The minimum absolute atomic E-state index is 0.236. The highest BCUT2D eigenvalue weighted by Gasteiger charge is 2.40. The summed E-state index contributed by atoms with van der Waals surface area (Å²) < 4.78 is 0. The van der Waals surface area contributed by atoms with Crippen LogP contribution in [0.1, 0.15) is 37.2 Å². The summed E-state index contributed by atoms with van der Waals surface area (Å²) >= 11 is 0. The molecule has 0 spiro atoms. The molecule has 2 aliphatic rings. The van der Waals surface area contributed by atoms with Crippen molar-refractivity contribution in [3.05, 3.63) is 39.9 Å². The Bertz CT molecular complexity index is 430. The van der Waals surface area contributed by atoms with Gasteiger partial charge in [-0.25, -0.2) is 0 Å². The molecule has 3 heteroatoms. The van der Waals surface area contributed by atoms with Crippen LogP contribution in [0, 0.1) is 22.0 Å². The second-order valence-electron chi connectivity index (χ2n) is 5.13. The molecule has 16 heavy (non-hydrogen) atoms. The molecule has 0 saturated heterocycles. The van der Waals surface area contributed by atoms with Gasteiger partial charge in [-0.3, -0.25) is 10.1 Å². The molecule has 0 aliphatic heterocycles. The molecule has 2 fully saturated rings. The standard InChI is InChI=1S/C13H15NO2/c15-14(16)12-3-1-2-10(8-12)13-7-9-4-5-11(13)6-9/h1-3,8-9,11,13H,4-7H2/t9-,11+,13-/m0/s1. The smallest absolute Gasteiger partial charge is 0.258 e. The molecule has 2 aliphatic carbocycles. The van der Waals surface area contributed by atoms with Crippen molar-refractivity contribution < 1.29 is 4.92 Å². The predicted molar refractivity (Wildman–Crippen MR) is 61.3 cm³/mol. The first-order chi connectivity index (χ1) is 7.74. The Labute approximate surface area is 94.6 Å². The van der Waals surface area contributed by atoms with Crippen LogP contribution < -0.4 is 0 Å². The van der Waals surface area contributed by atoms with E-state index in [1.165, 1.54) is 31.2 Å². The van der Waals surface area contributed by atoms with Gasteiger partial charge < -0.3 is 0 Å². The maximum absolute atomic E-state index is 10.7. The highest BCUT2D eigenvalue weighted by atomic mass is 16.6. The first-order valence-electron chi connectivity index (χ1n) is 5.98. The fraction of sp³-hybridized carbons (Fsp3) is 0.538. The molecule has 3 rings (SSSR count). The molecular formula is C13H15NO2. The Morgan fingerprint density at radius 1 is 1.25 bits per heavy atom.